The van der Waals surface area contributed by atoms with Gasteiger partial charge >= 0.3 is 0 Å². The van der Waals surface area contributed by atoms with E-state index in [0.29, 0.717) is 17.5 Å². The molecular formula is C16H16N2O2S. The van der Waals surface area contributed by atoms with E-state index < -0.39 is 0 Å². The number of para-hydroxylation sites is 1. The summed E-state index contributed by atoms with van der Waals surface area (Å²) in [5.74, 6) is 1.53. The first-order valence-electron chi connectivity index (χ1n) is 6.92. The van der Waals surface area contributed by atoms with Gasteiger partial charge in [-0.25, -0.2) is 0 Å². The third kappa shape index (κ3) is 2.45. The van der Waals surface area contributed by atoms with Crippen LogP contribution in [0.4, 0.5) is 0 Å². The van der Waals surface area contributed by atoms with Crippen LogP contribution < -0.4 is 4.74 Å². The van der Waals surface area contributed by atoms with Gasteiger partial charge in [0.2, 0.25) is 5.88 Å². The third-order valence-electron chi connectivity index (χ3n) is 3.65. The minimum atomic E-state index is 0.368. The molecule has 0 fully saturated rings. The van der Waals surface area contributed by atoms with Gasteiger partial charge in [-0.2, -0.15) is 4.98 Å². The first-order chi connectivity index (χ1) is 10.2. The molecule has 0 amide bonds. The van der Waals surface area contributed by atoms with Crippen molar-refractivity contribution in [1.29, 1.82) is 0 Å². The number of nitrogens with zero attached hydrogens (tertiary/aromatic N) is 2. The minimum absolute atomic E-state index is 0.368. The topological polar surface area (TPSA) is 43.6 Å². The zero-order valence-electron chi connectivity index (χ0n) is 11.9. The fraction of sp³-hybridized carbons (Fsp3) is 0.250. The van der Waals surface area contributed by atoms with Crippen molar-refractivity contribution >= 4 is 22.6 Å². The second-order valence-corrected chi connectivity index (χ2v) is 5.80. The van der Waals surface area contributed by atoms with Gasteiger partial charge in [0, 0.05) is 11.6 Å². The second kappa shape index (κ2) is 5.69. The largest absolute Gasteiger partial charge is 0.437 e. The molecule has 0 saturated heterocycles. The van der Waals surface area contributed by atoms with E-state index >= 15 is 0 Å². The maximum absolute atomic E-state index is 11.3. The molecule has 0 aliphatic rings. The molecule has 1 atom stereocenters. The Balaban J connectivity index is 2.02. The van der Waals surface area contributed by atoms with Crippen LogP contribution in [0.25, 0.3) is 4.96 Å². The lowest BCUT2D eigenvalue weighted by molar-refractivity contribution is 0.111. The molecule has 0 spiro atoms. The third-order valence-corrected chi connectivity index (χ3v) is 4.40. The van der Waals surface area contributed by atoms with Crippen molar-refractivity contribution in [1.82, 2.24) is 9.38 Å². The summed E-state index contributed by atoms with van der Waals surface area (Å²) >= 11 is 1.48. The molecule has 3 rings (SSSR count). The van der Waals surface area contributed by atoms with Crippen molar-refractivity contribution in [3.05, 3.63) is 47.1 Å². The van der Waals surface area contributed by atoms with Crippen LogP contribution in [0.1, 0.15) is 42.2 Å². The monoisotopic (exact) mass is 300 g/mol. The summed E-state index contributed by atoms with van der Waals surface area (Å²) in [5, 5.41) is 1.90. The number of carbonyl (C=O) groups excluding carboxylic acids is 1. The SMILES string of the molecule is CCC(C)c1ccccc1Oc1nc2sccn2c1C=O. The van der Waals surface area contributed by atoms with Crippen LogP contribution in [0.3, 0.4) is 0 Å². The summed E-state index contributed by atoms with van der Waals surface area (Å²) in [6.45, 7) is 4.31. The lowest BCUT2D eigenvalue weighted by Gasteiger charge is -2.14. The van der Waals surface area contributed by atoms with Crippen LogP contribution in [0, 0.1) is 0 Å². The molecule has 2 heterocycles. The van der Waals surface area contributed by atoms with Gasteiger partial charge < -0.3 is 4.74 Å². The molecule has 5 heteroatoms. The van der Waals surface area contributed by atoms with Gasteiger partial charge in [-0.15, -0.1) is 11.3 Å². The average molecular weight is 300 g/mol. The van der Waals surface area contributed by atoms with E-state index in [4.69, 9.17) is 4.74 Å². The van der Waals surface area contributed by atoms with E-state index in [1.807, 2.05) is 29.8 Å². The first-order valence-corrected chi connectivity index (χ1v) is 7.80. The predicted octanol–water partition coefficient (Wildman–Crippen LogP) is 4.51. The molecular weight excluding hydrogens is 284 g/mol. The Labute approximate surface area is 127 Å². The number of aldehydes is 1. The highest BCUT2D eigenvalue weighted by Gasteiger charge is 2.17. The summed E-state index contributed by atoms with van der Waals surface area (Å²) < 4.78 is 7.69. The summed E-state index contributed by atoms with van der Waals surface area (Å²) in [7, 11) is 0. The number of hydrogen-bond donors (Lipinski definition) is 0. The molecule has 2 aromatic heterocycles. The Morgan fingerprint density at radius 2 is 2.24 bits per heavy atom. The van der Waals surface area contributed by atoms with Crippen LogP contribution in [-0.2, 0) is 0 Å². The zero-order valence-corrected chi connectivity index (χ0v) is 12.8. The minimum Gasteiger partial charge on any atom is -0.437 e. The smallest absolute Gasteiger partial charge is 0.250 e. The van der Waals surface area contributed by atoms with Gasteiger partial charge in [-0.3, -0.25) is 9.20 Å². The lowest BCUT2D eigenvalue weighted by Crippen LogP contribution is -1.98. The fourth-order valence-corrected chi connectivity index (χ4v) is 2.98. The van der Waals surface area contributed by atoms with Crippen molar-refractivity contribution in [3.8, 4) is 11.6 Å². The van der Waals surface area contributed by atoms with Crippen LogP contribution >= 0.6 is 11.3 Å². The van der Waals surface area contributed by atoms with E-state index in [1.54, 1.807) is 4.40 Å². The molecule has 21 heavy (non-hydrogen) atoms. The standard InChI is InChI=1S/C16H16N2O2S/c1-3-11(2)12-6-4-5-7-14(12)20-15-13(10-19)18-8-9-21-16(18)17-15/h4-11H,3H2,1-2H3. The molecule has 4 nitrogen and oxygen atoms in total. The average Bonchev–Trinajstić information content (AvgIpc) is 3.07. The first kappa shape index (κ1) is 13.8. The summed E-state index contributed by atoms with van der Waals surface area (Å²) in [6, 6.07) is 7.91. The summed E-state index contributed by atoms with van der Waals surface area (Å²) in [5.41, 5.74) is 1.58. The number of ether oxygens (including phenoxy) is 1. The highest BCUT2D eigenvalue weighted by atomic mass is 32.1. The molecule has 0 radical (unpaired) electrons. The van der Waals surface area contributed by atoms with E-state index in [-0.39, 0.29) is 0 Å². The molecule has 1 unspecified atom stereocenters. The Hall–Kier alpha value is -2.14. The maximum atomic E-state index is 11.3. The zero-order chi connectivity index (χ0) is 14.8. The fourth-order valence-electron chi connectivity index (χ4n) is 2.27. The highest BCUT2D eigenvalue weighted by molar-refractivity contribution is 7.15. The molecule has 0 aliphatic carbocycles. The number of hydrogen-bond acceptors (Lipinski definition) is 4. The molecule has 0 N–H and O–H groups in total. The highest BCUT2D eigenvalue weighted by Crippen LogP contribution is 2.33. The normalized spacial score (nSPS) is 12.5. The lowest BCUT2D eigenvalue weighted by atomic mass is 9.98. The number of aromatic nitrogens is 2. The van der Waals surface area contributed by atoms with E-state index in [9.17, 15) is 4.79 Å². The number of fused-ring (bicyclic) bond motifs is 1. The Morgan fingerprint density at radius 1 is 1.43 bits per heavy atom. The molecule has 0 bridgehead atoms. The molecule has 108 valence electrons. The van der Waals surface area contributed by atoms with Crippen molar-refractivity contribution < 1.29 is 9.53 Å². The predicted molar refractivity (Wildman–Crippen MR) is 83.7 cm³/mol. The molecule has 3 aromatic rings. The van der Waals surface area contributed by atoms with Gasteiger partial charge in [0.1, 0.15) is 5.75 Å². The quantitative estimate of drug-likeness (QED) is 0.651. The van der Waals surface area contributed by atoms with Crippen molar-refractivity contribution in [3.63, 3.8) is 0 Å². The number of benzene rings is 1. The van der Waals surface area contributed by atoms with Gasteiger partial charge in [0.25, 0.3) is 0 Å². The number of carbonyl (C=O) groups is 1. The van der Waals surface area contributed by atoms with Crippen LogP contribution in [0.2, 0.25) is 0 Å². The number of rotatable bonds is 5. The van der Waals surface area contributed by atoms with Crippen LogP contribution in [0.15, 0.2) is 35.8 Å². The van der Waals surface area contributed by atoms with Gasteiger partial charge in [0.05, 0.1) is 0 Å². The second-order valence-electron chi connectivity index (χ2n) is 4.92. The number of thiazole rings is 1. The molecule has 0 saturated carbocycles. The van der Waals surface area contributed by atoms with Gasteiger partial charge in [-0.05, 0) is 24.0 Å². The van der Waals surface area contributed by atoms with E-state index in [1.165, 1.54) is 11.3 Å². The van der Waals surface area contributed by atoms with Gasteiger partial charge in [-0.1, -0.05) is 32.0 Å². The van der Waals surface area contributed by atoms with Crippen molar-refractivity contribution in [2.45, 2.75) is 26.2 Å². The molecule has 0 aliphatic heterocycles. The Morgan fingerprint density at radius 3 is 3.00 bits per heavy atom. The van der Waals surface area contributed by atoms with Gasteiger partial charge in [0.15, 0.2) is 16.9 Å². The van der Waals surface area contributed by atoms with Crippen LogP contribution in [0.5, 0.6) is 11.6 Å². The van der Waals surface area contributed by atoms with Crippen molar-refractivity contribution in [2.24, 2.45) is 0 Å². The maximum Gasteiger partial charge on any atom is 0.250 e. The molecule has 1 aromatic carbocycles. The summed E-state index contributed by atoms with van der Waals surface area (Å²) in [6.07, 6.45) is 3.64. The Kier molecular flexibility index (Phi) is 3.75. The van der Waals surface area contributed by atoms with E-state index in [0.717, 1.165) is 29.0 Å². The number of imidazole rings is 1. The van der Waals surface area contributed by atoms with Crippen molar-refractivity contribution in [2.75, 3.05) is 0 Å². The Bertz CT molecular complexity index is 776. The summed E-state index contributed by atoms with van der Waals surface area (Å²) in [4.78, 5) is 16.5. The van der Waals surface area contributed by atoms with Crippen LogP contribution in [-0.4, -0.2) is 15.7 Å². The van der Waals surface area contributed by atoms with E-state index in [2.05, 4.69) is 24.9 Å².